The molecule has 0 fully saturated rings. The summed E-state index contributed by atoms with van der Waals surface area (Å²) in [4.78, 5) is 45.1. The van der Waals surface area contributed by atoms with E-state index < -0.39 is 67.3 Å². The molecule has 0 atom stereocenters. The Bertz CT molecular complexity index is 2820. The van der Waals surface area contributed by atoms with Gasteiger partial charge in [-0.1, -0.05) is 243 Å². The zero-order chi connectivity index (χ0) is 70.3. The molecule has 0 spiro atoms. The number of nitrogens with one attached hydrogen (secondary N) is 2. The van der Waals surface area contributed by atoms with Crippen molar-refractivity contribution in [3.63, 3.8) is 0 Å². The summed E-state index contributed by atoms with van der Waals surface area (Å²) in [6.07, 6.45) is -2.07. The van der Waals surface area contributed by atoms with Gasteiger partial charge >= 0.3 is 0 Å². The highest BCUT2D eigenvalue weighted by Crippen LogP contribution is 2.14. The second kappa shape index (κ2) is 48.7. The highest BCUT2D eigenvalue weighted by molar-refractivity contribution is 6.17. The Hall–Kier alpha value is -8.02. The molecule has 0 saturated heterocycles. The Kier molecular flexibility index (Phi) is 38.0. The lowest BCUT2D eigenvalue weighted by Crippen LogP contribution is -2.52. The van der Waals surface area contributed by atoms with Gasteiger partial charge in [-0.2, -0.15) is 0 Å². The molecular formula is C82H98ClN3O15. The van der Waals surface area contributed by atoms with Crippen LogP contribution in [0.2, 0.25) is 0 Å². The largest absolute Gasteiger partial charge is 0.374 e. The van der Waals surface area contributed by atoms with Gasteiger partial charge in [0.15, 0.2) is 0 Å². The predicted molar refractivity (Wildman–Crippen MR) is 388 cm³/mol. The molecule has 0 aromatic heterocycles. The number of carbonyl (C=O) groups is 3. The Balaban J connectivity index is 0.997. The minimum atomic E-state index is -0.811. The lowest BCUT2D eigenvalue weighted by atomic mass is 10.2. The van der Waals surface area contributed by atoms with E-state index in [1.807, 2.05) is 243 Å². The van der Waals surface area contributed by atoms with E-state index in [4.69, 9.17) is 68.4 Å². The maximum Gasteiger partial charge on any atom is 0.240 e. The summed E-state index contributed by atoms with van der Waals surface area (Å²) in [6.45, 7) is 2.76. The first kappa shape index (κ1) is 78.7. The molecule has 0 aliphatic rings. The van der Waals surface area contributed by atoms with Crippen LogP contribution in [0, 0.1) is 0 Å². The number of benzene rings is 8. The lowest BCUT2D eigenvalue weighted by Gasteiger charge is -2.28. The second-order valence-corrected chi connectivity index (χ2v) is 24.8. The fourth-order valence-corrected chi connectivity index (χ4v) is 10.5. The van der Waals surface area contributed by atoms with Gasteiger partial charge in [0.1, 0.15) is 37.5 Å². The van der Waals surface area contributed by atoms with Gasteiger partial charge in [-0.25, -0.2) is 0 Å². The molecule has 0 bridgehead atoms. The molecule has 2 N–H and O–H groups in total. The molecule has 0 radical (unpaired) electrons. The molecule has 8 aromatic carbocycles. The second-order valence-electron chi connectivity index (χ2n) is 24.4. The van der Waals surface area contributed by atoms with Crippen LogP contribution in [0.15, 0.2) is 243 Å². The number of halogens is 1. The molecule has 0 saturated carbocycles. The van der Waals surface area contributed by atoms with E-state index in [0.717, 1.165) is 44.5 Å². The van der Waals surface area contributed by atoms with E-state index in [-0.39, 0.29) is 91.6 Å². The molecule has 8 aromatic rings. The average molecular weight is 1400 g/mol. The lowest BCUT2D eigenvalue weighted by molar-refractivity contribution is -0.141. The third-order valence-electron chi connectivity index (χ3n) is 15.7. The zero-order valence-electron chi connectivity index (χ0n) is 57.7. The summed E-state index contributed by atoms with van der Waals surface area (Å²) in [5.74, 6) is -1.43. The number of carbonyl (C=O) groups excluding carboxylic acids is 3. The molecule has 0 aliphatic heterocycles. The smallest absolute Gasteiger partial charge is 0.240 e. The number of nitrogens with zero attached hydrogens (tertiary/aromatic N) is 1. The first-order valence-electron chi connectivity index (χ1n) is 34.6. The number of hydrogen-bond donors (Lipinski definition) is 2. The van der Waals surface area contributed by atoms with Crippen molar-refractivity contribution in [1.82, 2.24) is 15.5 Å². The maximum atomic E-state index is 14.8. The summed E-state index contributed by atoms with van der Waals surface area (Å²) in [6, 6.07) is 77.0. The molecule has 19 heteroatoms. The number of hydrogen-bond acceptors (Lipinski definition) is 15. The Morgan fingerprint density at radius 2 is 0.475 bits per heavy atom. The van der Waals surface area contributed by atoms with Crippen molar-refractivity contribution < 1.29 is 71.2 Å². The number of alkyl halides is 1. The van der Waals surface area contributed by atoms with E-state index >= 15 is 0 Å². The molecule has 538 valence electrons. The van der Waals surface area contributed by atoms with Crippen LogP contribution in [-0.2, 0) is 124 Å². The topological polar surface area (TPSA) is 189 Å². The third-order valence-corrected chi connectivity index (χ3v) is 16.0. The minimum Gasteiger partial charge on any atom is -0.374 e. The SMILES string of the molecule is O=C(CN(CC(=O)NC(COC(COCc1ccccc1)COCc1ccccc1)COC(COCc1ccccc1)COCc1ccccc1)C(=O)CCCCl)NC(COC(COCc1ccccc1)COCc1ccccc1)COC(COCc1ccccc1)COCc1ccccc1. The van der Waals surface area contributed by atoms with Crippen LogP contribution in [0.4, 0.5) is 0 Å². The standard InChI is InChI=1S/C82H98ClN3O15/c83-43-25-42-82(89)86(44-80(87)84-74(54-98-76(58-90-46-66-26-9-1-10-27-66)59-91-47-67-28-11-2-12-29-67)55-99-77(60-92-48-68-30-13-3-14-31-68)61-93-49-69-32-15-4-16-33-69)45-81(88)85-75(56-100-78(62-94-50-70-34-17-5-18-35-70)63-95-51-71-36-19-6-20-37-71)57-101-79(64-96-52-72-38-21-7-22-39-72)65-97-53-73-40-23-8-24-41-73/h1-24,26-41,74-79H,25,42-65H2,(H,84,87)(H,85,88). The fraction of sp³-hybridized carbons (Fsp3) is 0.378. The van der Waals surface area contributed by atoms with Gasteiger partial charge in [-0.15, -0.1) is 11.6 Å². The van der Waals surface area contributed by atoms with Gasteiger partial charge in [0.2, 0.25) is 17.7 Å². The molecule has 18 nitrogen and oxygen atoms in total. The number of rotatable bonds is 53. The highest BCUT2D eigenvalue weighted by atomic mass is 35.5. The maximum absolute atomic E-state index is 14.8. The average Bonchev–Trinajstić information content (AvgIpc) is 1.31. The first-order chi connectivity index (χ1) is 49.8. The van der Waals surface area contributed by atoms with Crippen molar-refractivity contribution >= 4 is 29.3 Å². The number of ether oxygens (including phenoxy) is 12. The summed E-state index contributed by atoms with van der Waals surface area (Å²) < 4.78 is 76.3. The van der Waals surface area contributed by atoms with Crippen LogP contribution in [0.3, 0.4) is 0 Å². The normalized spacial score (nSPS) is 11.6. The van der Waals surface area contributed by atoms with E-state index in [1.54, 1.807) is 0 Å². The summed E-state index contributed by atoms with van der Waals surface area (Å²) in [5.41, 5.74) is 7.92. The van der Waals surface area contributed by atoms with Crippen molar-refractivity contribution in [2.45, 2.75) is 102 Å². The quantitative estimate of drug-likeness (QED) is 0.0342. The van der Waals surface area contributed by atoms with Crippen molar-refractivity contribution in [2.24, 2.45) is 0 Å². The molecule has 3 amide bonds. The van der Waals surface area contributed by atoms with Crippen LogP contribution in [0.5, 0.6) is 0 Å². The first-order valence-corrected chi connectivity index (χ1v) is 35.1. The van der Waals surface area contributed by atoms with Crippen molar-refractivity contribution in [3.05, 3.63) is 287 Å². The van der Waals surface area contributed by atoms with Gasteiger partial charge < -0.3 is 72.4 Å². The monoisotopic (exact) mass is 1400 g/mol. The van der Waals surface area contributed by atoms with Crippen LogP contribution in [-0.4, -0.2) is 157 Å². The van der Waals surface area contributed by atoms with Crippen LogP contribution in [0.25, 0.3) is 0 Å². The zero-order valence-corrected chi connectivity index (χ0v) is 58.4. The van der Waals surface area contributed by atoms with E-state index in [1.165, 1.54) is 4.90 Å². The highest BCUT2D eigenvalue weighted by Gasteiger charge is 2.27. The van der Waals surface area contributed by atoms with Gasteiger partial charge in [-0.3, -0.25) is 14.4 Å². The van der Waals surface area contributed by atoms with Gasteiger partial charge in [0.05, 0.1) is 144 Å². The van der Waals surface area contributed by atoms with E-state index in [0.29, 0.717) is 59.3 Å². The molecule has 8 rings (SSSR count). The molecular weight excluding hydrogens is 1300 g/mol. The Morgan fingerprint density at radius 1 is 0.287 bits per heavy atom. The van der Waals surface area contributed by atoms with Gasteiger partial charge in [-0.05, 0) is 50.9 Å². The molecule has 0 heterocycles. The molecule has 0 unspecified atom stereocenters. The summed E-state index contributed by atoms with van der Waals surface area (Å²) >= 11 is 6.19. The van der Waals surface area contributed by atoms with Crippen molar-refractivity contribution in [3.8, 4) is 0 Å². The van der Waals surface area contributed by atoms with Crippen LogP contribution in [0.1, 0.15) is 57.3 Å². The fourth-order valence-electron chi connectivity index (χ4n) is 10.4. The van der Waals surface area contributed by atoms with Crippen molar-refractivity contribution in [1.29, 1.82) is 0 Å². The summed E-state index contributed by atoms with van der Waals surface area (Å²) in [7, 11) is 0. The van der Waals surface area contributed by atoms with Gasteiger partial charge in [0.25, 0.3) is 0 Å². The number of amides is 3. The van der Waals surface area contributed by atoms with Crippen LogP contribution >= 0.6 is 11.6 Å². The van der Waals surface area contributed by atoms with Crippen molar-refractivity contribution in [2.75, 3.05) is 98.3 Å². The Labute approximate surface area is 600 Å². The predicted octanol–water partition coefficient (Wildman–Crippen LogP) is 12.1. The third kappa shape index (κ3) is 34.0. The minimum absolute atomic E-state index is 0.0298. The summed E-state index contributed by atoms with van der Waals surface area (Å²) in [5, 5.41) is 6.19. The Morgan fingerprint density at radius 3 is 0.653 bits per heavy atom. The van der Waals surface area contributed by atoms with E-state index in [2.05, 4.69) is 10.6 Å². The molecule has 101 heavy (non-hydrogen) atoms. The van der Waals surface area contributed by atoms with Crippen LogP contribution < -0.4 is 10.6 Å². The van der Waals surface area contributed by atoms with Gasteiger partial charge in [0, 0.05) is 12.3 Å². The molecule has 0 aliphatic carbocycles. The van der Waals surface area contributed by atoms with E-state index in [9.17, 15) is 14.4 Å².